The van der Waals surface area contributed by atoms with Crippen molar-refractivity contribution in [3.05, 3.63) is 63.9 Å². The molecule has 1 saturated heterocycles. The van der Waals surface area contributed by atoms with Gasteiger partial charge in [-0.3, -0.25) is 0 Å². The first-order chi connectivity index (χ1) is 11.1. The van der Waals surface area contributed by atoms with Crippen LogP contribution in [0, 0.1) is 19.7 Å². The molecule has 0 saturated carbocycles. The normalized spacial score (nSPS) is 15.9. The second-order valence-electron chi connectivity index (χ2n) is 6.33. The summed E-state index contributed by atoms with van der Waals surface area (Å²) in [4.78, 5) is 3.83. The molecular formula is C19H23ClFN2+. The number of nitrogens with one attached hydrogen (secondary N) is 1. The first-order valence-corrected chi connectivity index (χ1v) is 8.51. The van der Waals surface area contributed by atoms with E-state index in [-0.39, 0.29) is 5.82 Å². The quantitative estimate of drug-likeness (QED) is 0.907. The third kappa shape index (κ3) is 3.51. The maximum absolute atomic E-state index is 13.9. The second-order valence-corrected chi connectivity index (χ2v) is 6.74. The van der Waals surface area contributed by atoms with Crippen LogP contribution in [0.1, 0.15) is 16.7 Å². The molecule has 2 aromatic carbocycles. The van der Waals surface area contributed by atoms with Gasteiger partial charge in [0.15, 0.2) is 0 Å². The minimum Gasteiger partial charge on any atom is -0.360 e. The minimum atomic E-state index is -0.193. The van der Waals surface area contributed by atoms with Crippen LogP contribution in [0.15, 0.2) is 36.4 Å². The van der Waals surface area contributed by atoms with Gasteiger partial charge in [0.25, 0.3) is 0 Å². The highest BCUT2D eigenvalue weighted by Gasteiger charge is 2.23. The maximum atomic E-state index is 13.9. The number of aryl methyl sites for hydroxylation is 1. The Morgan fingerprint density at radius 3 is 2.48 bits per heavy atom. The number of nitrogens with zero attached hydrogens (tertiary/aromatic N) is 1. The average molecular weight is 334 g/mol. The van der Waals surface area contributed by atoms with Crippen molar-refractivity contribution in [2.45, 2.75) is 20.4 Å². The number of piperazine rings is 1. The summed E-state index contributed by atoms with van der Waals surface area (Å²) in [6.07, 6.45) is 0. The lowest BCUT2D eigenvalue weighted by Gasteiger charge is -2.35. The average Bonchev–Trinajstić information content (AvgIpc) is 2.54. The Morgan fingerprint density at radius 2 is 1.78 bits per heavy atom. The van der Waals surface area contributed by atoms with E-state index in [1.165, 1.54) is 27.8 Å². The Hall–Kier alpha value is -1.58. The predicted molar refractivity (Wildman–Crippen MR) is 93.9 cm³/mol. The lowest BCUT2D eigenvalue weighted by Crippen LogP contribution is -3.13. The third-order valence-corrected chi connectivity index (χ3v) is 5.23. The van der Waals surface area contributed by atoms with Gasteiger partial charge in [-0.2, -0.15) is 0 Å². The van der Waals surface area contributed by atoms with Gasteiger partial charge in [-0.25, -0.2) is 4.39 Å². The molecule has 1 aliphatic rings. The van der Waals surface area contributed by atoms with Crippen molar-refractivity contribution < 1.29 is 9.29 Å². The van der Waals surface area contributed by atoms with E-state index in [1.807, 2.05) is 0 Å². The first kappa shape index (κ1) is 16.3. The number of hydrogen-bond acceptors (Lipinski definition) is 1. The molecule has 0 radical (unpaired) electrons. The molecule has 4 heteroatoms. The molecule has 2 nitrogen and oxygen atoms in total. The van der Waals surface area contributed by atoms with Crippen molar-refractivity contribution in [3.63, 3.8) is 0 Å². The Bertz CT molecular complexity index is 674. The number of rotatable bonds is 3. The SMILES string of the molecule is Cc1cccc(N2CC[NH+](Cc3c(F)cccc3Cl)CC2)c1C. The topological polar surface area (TPSA) is 7.68 Å². The molecule has 0 aliphatic carbocycles. The van der Waals surface area contributed by atoms with Crippen LogP contribution in [0.3, 0.4) is 0 Å². The fourth-order valence-electron chi connectivity index (χ4n) is 3.27. The highest BCUT2D eigenvalue weighted by Crippen LogP contribution is 2.23. The monoisotopic (exact) mass is 333 g/mol. The predicted octanol–water partition coefficient (Wildman–Crippen LogP) is 3.00. The van der Waals surface area contributed by atoms with Crippen LogP contribution in [0.2, 0.25) is 5.02 Å². The molecule has 0 atom stereocenters. The summed E-state index contributed by atoms with van der Waals surface area (Å²) >= 11 is 6.15. The van der Waals surface area contributed by atoms with Crippen molar-refractivity contribution in [2.24, 2.45) is 0 Å². The van der Waals surface area contributed by atoms with Crippen LogP contribution in [0.25, 0.3) is 0 Å². The Morgan fingerprint density at radius 1 is 1.09 bits per heavy atom. The molecule has 23 heavy (non-hydrogen) atoms. The van der Waals surface area contributed by atoms with Crippen molar-refractivity contribution >= 4 is 17.3 Å². The zero-order valence-corrected chi connectivity index (χ0v) is 14.5. The van der Waals surface area contributed by atoms with E-state index in [4.69, 9.17) is 11.6 Å². The van der Waals surface area contributed by atoms with E-state index in [9.17, 15) is 4.39 Å². The summed E-state index contributed by atoms with van der Waals surface area (Å²) < 4.78 is 13.9. The first-order valence-electron chi connectivity index (χ1n) is 8.14. The molecule has 1 aliphatic heterocycles. The highest BCUT2D eigenvalue weighted by atomic mass is 35.5. The van der Waals surface area contributed by atoms with E-state index in [1.54, 1.807) is 12.1 Å². The summed E-state index contributed by atoms with van der Waals surface area (Å²) in [7, 11) is 0. The van der Waals surface area contributed by atoms with Crippen LogP contribution in [0.5, 0.6) is 0 Å². The fourth-order valence-corrected chi connectivity index (χ4v) is 3.50. The Labute approximate surface area is 142 Å². The van der Waals surface area contributed by atoms with Gasteiger partial charge in [-0.05, 0) is 43.2 Å². The van der Waals surface area contributed by atoms with E-state index in [2.05, 4.69) is 36.9 Å². The van der Waals surface area contributed by atoms with E-state index in [0.717, 1.165) is 26.2 Å². The van der Waals surface area contributed by atoms with Crippen molar-refractivity contribution in [3.8, 4) is 0 Å². The number of anilines is 1. The van der Waals surface area contributed by atoms with Gasteiger partial charge in [0, 0.05) is 5.69 Å². The lowest BCUT2D eigenvalue weighted by atomic mass is 10.1. The van der Waals surface area contributed by atoms with Crippen molar-refractivity contribution in [1.29, 1.82) is 0 Å². The van der Waals surface area contributed by atoms with E-state index < -0.39 is 0 Å². The third-order valence-electron chi connectivity index (χ3n) is 4.88. The van der Waals surface area contributed by atoms with Crippen LogP contribution in [-0.4, -0.2) is 26.2 Å². The highest BCUT2D eigenvalue weighted by molar-refractivity contribution is 6.31. The number of hydrogen-bond donors (Lipinski definition) is 1. The van der Waals surface area contributed by atoms with Gasteiger partial charge in [0.2, 0.25) is 0 Å². The van der Waals surface area contributed by atoms with Gasteiger partial charge in [0.1, 0.15) is 12.4 Å². The summed E-state index contributed by atoms with van der Waals surface area (Å²) in [6.45, 7) is 8.98. The molecule has 0 aromatic heterocycles. The molecule has 1 N–H and O–H groups in total. The number of quaternary nitrogens is 1. The molecule has 0 amide bonds. The summed E-state index contributed by atoms with van der Waals surface area (Å²) in [6, 6.07) is 11.4. The molecule has 2 aromatic rings. The zero-order chi connectivity index (χ0) is 16.4. The van der Waals surface area contributed by atoms with Crippen LogP contribution < -0.4 is 9.80 Å². The molecule has 0 bridgehead atoms. The zero-order valence-electron chi connectivity index (χ0n) is 13.7. The van der Waals surface area contributed by atoms with Gasteiger partial charge in [-0.1, -0.05) is 29.8 Å². The van der Waals surface area contributed by atoms with Gasteiger partial charge < -0.3 is 9.80 Å². The Kier molecular flexibility index (Phi) is 4.88. The molecule has 1 heterocycles. The Balaban J connectivity index is 1.66. The summed E-state index contributed by atoms with van der Waals surface area (Å²) in [5.74, 6) is -0.193. The largest absolute Gasteiger partial charge is 0.360 e. The number of benzene rings is 2. The fraction of sp³-hybridized carbons (Fsp3) is 0.368. The second kappa shape index (κ2) is 6.90. The summed E-state index contributed by atoms with van der Waals surface area (Å²) in [5, 5.41) is 0.537. The molecule has 0 unspecified atom stereocenters. The van der Waals surface area contributed by atoms with Gasteiger partial charge in [-0.15, -0.1) is 0 Å². The van der Waals surface area contributed by atoms with E-state index >= 15 is 0 Å². The van der Waals surface area contributed by atoms with E-state index in [0.29, 0.717) is 17.1 Å². The molecule has 3 rings (SSSR count). The van der Waals surface area contributed by atoms with Crippen LogP contribution >= 0.6 is 11.6 Å². The van der Waals surface area contributed by atoms with Crippen LogP contribution in [0.4, 0.5) is 10.1 Å². The summed E-state index contributed by atoms with van der Waals surface area (Å²) in [5.41, 5.74) is 4.65. The van der Waals surface area contributed by atoms with Crippen molar-refractivity contribution in [1.82, 2.24) is 0 Å². The van der Waals surface area contributed by atoms with Crippen LogP contribution in [-0.2, 0) is 6.54 Å². The number of halogens is 2. The maximum Gasteiger partial charge on any atom is 0.133 e. The molecule has 1 fully saturated rings. The van der Waals surface area contributed by atoms with Gasteiger partial charge >= 0.3 is 0 Å². The lowest BCUT2D eigenvalue weighted by molar-refractivity contribution is -0.914. The molecule has 0 spiro atoms. The standard InChI is InChI=1S/C19H22ClFN2/c1-14-5-3-8-19(15(14)2)23-11-9-22(10-12-23)13-16-17(20)6-4-7-18(16)21/h3-8H,9-13H2,1-2H3/p+1. The molecule has 122 valence electrons. The smallest absolute Gasteiger partial charge is 0.133 e. The molecular weight excluding hydrogens is 311 g/mol. The van der Waals surface area contributed by atoms with Crippen molar-refractivity contribution in [2.75, 3.05) is 31.1 Å². The van der Waals surface area contributed by atoms with Gasteiger partial charge in [0.05, 0.1) is 36.8 Å². The minimum absolute atomic E-state index is 0.193.